The first-order valence-corrected chi connectivity index (χ1v) is 9.63. The highest BCUT2D eigenvalue weighted by Gasteiger charge is 2.23. The van der Waals surface area contributed by atoms with Gasteiger partial charge in [0.15, 0.2) is 0 Å². The number of amides is 1. The van der Waals surface area contributed by atoms with E-state index in [4.69, 9.17) is 0 Å². The van der Waals surface area contributed by atoms with E-state index >= 15 is 0 Å². The standard InChI is InChI=1S/C17H23N5O3S/c1-13(2)22(3)26(24,25)15-7-4-6-14(12-15)16(23)18-10-11-21-17-19-8-5-9-20-17/h4-9,12-13H,10-11H2,1-3H3,(H,18,23)(H,19,20,21). The summed E-state index contributed by atoms with van der Waals surface area (Å²) in [6.07, 6.45) is 3.24. The molecular weight excluding hydrogens is 354 g/mol. The minimum Gasteiger partial charge on any atom is -0.352 e. The zero-order chi connectivity index (χ0) is 19.2. The second-order valence-electron chi connectivity index (χ2n) is 5.90. The van der Waals surface area contributed by atoms with Gasteiger partial charge in [-0.3, -0.25) is 4.79 Å². The molecule has 0 saturated carbocycles. The summed E-state index contributed by atoms with van der Waals surface area (Å²) >= 11 is 0. The average Bonchev–Trinajstić information content (AvgIpc) is 2.65. The minimum atomic E-state index is -3.63. The molecule has 2 rings (SSSR count). The zero-order valence-corrected chi connectivity index (χ0v) is 15.8. The van der Waals surface area contributed by atoms with Crippen molar-refractivity contribution in [1.29, 1.82) is 0 Å². The fraction of sp³-hybridized carbons (Fsp3) is 0.353. The molecule has 0 fully saturated rings. The molecule has 2 aromatic rings. The van der Waals surface area contributed by atoms with Gasteiger partial charge in [-0.1, -0.05) is 6.07 Å². The number of anilines is 1. The van der Waals surface area contributed by atoms with Crippen LogP contribution >= 0.6 is 0 Å². The first kappa shape index (κ1) is 19.8. The largest absolute Gasteiger partial charge is 0.352 e. The molecule has 0 aliphatic heterocycles. The Labute approximate surface area is 153 Å². The lowest BCUT2D eigenvalue weighted by atomic mass is 10.2. The van der Waals surface area contributed by atoms with Crippen LogP contribution < -0.4 is 10.6 Å². The number of sulfonamides is 1. The van der Waals surface area contributed by atoms with Gasteiger partial charge in [0.25, 0.3) is 5.91 Å². The summed E-state index contributed by atoms with van der Waals surface area (Å²) < 4.78 is 26.3. The summed E-state index contributed by atoms with van der Waals surface area (Å²) in [5.74, 6) is 0.136. The predicted molar refractivity (Wildman–Crippen MR) is 99.4 cm³/mol. The Hall–Kier alpha value is -2.52. The Morgan fingerprint density at radius 1 is 1.15 bits per heavy atom. The molecule has 8 nitrogen and oxygen atoms in total. The number of nitrogens with zero attached hydrogens (tertiary/aromatic N) is 3. The van der Waals surface area contributed by atoms with E-state index in [-0.39, 0.29) is 16.8 Å². The van der Waals surface area contributed by atoms with Crippen LogP contribution in [0.3, 0.4) is 0 Å². The van der Waals surface area contributed by atoms with Crippen LogP contribution in [0.25, 0.3) is 0 Å². The van der Waals surface area contributed by atoms with Crippen LogP contribution in [0.4, 0.5) is 5.95 Å². The fourth-order valence-electron chi connectivity index (χ4n) is 2.08. The maximum absolute atomic E-state index is 12.5. The van der Waals surface area contributed by atoms with E-state index in [2.05, 4.69) is 20.6 Å². The molecule has 0 radical (unpaired) electrons. The molecule has 0 aliphatic carbocycles. The SMILES string of the molecule is CC(C)N(C)S(=O)(=O)c1cccc(C(=O)NCCNc2ncccn2)c1. The highest BCUT2D eigenvalue weighted by Crippen LogP contribution is 2.17. The minimum absolute atomic E-state index is 0.0946. The quantitative estimate of drug-likeness (QED) is 0.673. The summed E-state index contributed by atoms with van der Waals surface area (Å²) in [6, 6.07) is 7.55. The molecule has 0 bridgehead atoms. The molecule has 2 N–H and O–H groups in total. The van der Waals surface area contributed by atoms with E-state index in [0.717, 1.165) is 0 Å². The molecule has 0 unspecified atom stereocenters. The molecule has 1 amide bonds. The maximum Gasteiger partial charge on any atom is 0.251 e. The topological polar surface area (TPSA) is 104 Å². The fourth-order valence-corrected chi connectivity index (χ4v) is 3.50. The van der Waals surface area contributed by atoms with Gasteiger partial charge in [0.05, 0.1) is 4.90 Å². The number of benzene rings is 1. The third-order valence-corrected chi connectivity index (χ3v) is 5.79. The number of rotatable bonds is 8. The molecule has 0 aliphatic rings. The van der Waals surface area contributed by atoms with Crippen LogP contribution in [0.1, 0.15) is 24.2 Å². The molecule has 0 spiro atoms. The van der Waals surface area contributed by atoms with E-state index in [9.17, 15) is 13.2 Å². The summed E-state index contributed by atoms with van der Waals surface area (Å²) in [6.45, 7) is 4.37. The lowest BCUT2D eigenvalue weighted by Crippen LogP contribution is -2.33. The van der Waals surface area contributed by atoms with Crippen LogP contribution in [0.5, 0.6) is 0 Å². The van der Waals surface area contributed by atoms with Gasteiger partial charge < -0.3 is 10.6 Å². The van der Waals surface area contributed by atoms with Gasteiger partial charge in [-0.05, 0) is 38.1 Å². The van der Waals surface area contributed by atoms with E-state index < -0.39 is 10.0 Å². The van der Waals surface area contributed by atoms with Crippen molar-refractivity contribution >= 4 is 21.9 Å². The normalized spacial score (nSPS) is 11.6. The van der Waals surface area contributed by atoms with Crippen LogP contribution in [-0.2, 0) is 10.0 Å². The first-order chi connectivity index (χ1) is 12.3. The Balaban J connectivity index is 1.97. The number of aromatic nitrogens is 2. The van der Waals surface area contributed by atoms with E-state index in [1.807, 2.05) is 0 Å². The molecule has 0 atom stereocenters. The molecule has 140 valence electrons. The van der Waals surface area contributed by atoms with Gasteiger partial charge in [0.1, 0.15) is 0 Å². The molecule has 0 saturated heterocycles. The molecule has 1 heterocycles. The lowest BCUT2D eigenvalue weighted by Gasteiger charge is -2.21. The van der Waals surface area contributed by atoms with Crippen molar-refractivity contribution in [2.24, 2.45) is 0 Å². The van der Waals surface area contributed by atoms with Crippen molar-refractivity contribution in [3.05, 3.63) is 48.3 Å². The number of nitrogens with one attached hydrogen (secondary N) is 2. The molecule has 1 aromatic carbocycles. The Morgan fingerprint density at radius 3 is 2.50 bits per heavy atom. The monoisotopic (exact) mass is 377 g/mol. The summed E-state index contributed by atoms with van der Waals surface area (Å²) in [5.41, 5.74) is 0.291. The Morgan fingerprint density at radius 2 is 1.85 bits per heavy atom. The van der Waals surface area contributed by atoms with Crippen LogP contribution in [0, 0.1) is 0 Å². The van der Waals surface area contributed by atoms with Crippen molar-refractivity contribution in [2.75, 3.05) is 25.5 Å². The summed E-state index contributed by atoms with van der Waals surface area (Å²) in [4.78, 5) is 20.4. The van der Waals surface area contributed by atoms with Gasteiger partial charge in [-0.25, -0.2) is 18.4 Å². The predicted octanol–water partition coefficient (Wildman–Crippen LogP) is 1.35. The van der Waals surface area contributed by atoms with Gasteiger partial charge in [-0.15, -0.1) is 0 Å². The van der Waals surface area contributed by atoms with Crippen molar-refractivity contribution in [3.8, 4) is 0 Å². The smallest absolute Gasteiger partial charge is 0.251 e. The van der Waals surface area contributed by atoms with E-state index in [1.165, 1.54) is 23.5 Å². The van der Waals surface area contributed by atoms with Crippen molar-refractivity contribution < 1.29 is 13.2 Å². The van der Waals surface area contributed by atoms with Gasteiger partial charge in [0.2, 0.25) is 16.0 Å². The van der Waals surface area contributed by atoms with Gasteiger partial charge >= 0.3 is 0 Å². The van der Waals surface area contributed by atoms with Crippen LogP contribution in [0.2, 0.25) is 0 Å². The van der Waals surface area contributed by atoms with Crippen molar-refractivity contribution in [1.82, 2.24) is 19.6 Å². The van der Waals surface area contributed by atoms with Crippen molar-refractivity contribution in [2.45, 2.75) is 24.8 Å². The lowest BCUT2D eigenvalue weighted by molar-refractivity contribution is 0.0955. The molecular formula is C17H23N5O3S. The number of carbonyl (C=O) groups is 1. The van der Waals surface area contributed by atoms with E-state index in [1.54, 1.807) is 44.4 Å². The molecule has 9 heteroatoms. The third-order valence-electron chi connectivity index (χ3n) is 3.76. The Bertz CT molecular complexity index is 840. The highest BCUT2D eigenvalue weighted by atomic mass is 32.2. The Kier molecular flexibility index (Phi) is 6.64. The number of hydrogen-bond donors (Lipinski definition) is 2. The summed E-state index contributed by atoms with van der Waals surface area (Å²) in [5, 5.41) is 5.71. The van der Waals surface area contributed by atoms with Crippen LogP contribution in [0.15, 0.2) is 47.6 Å². The first-order valence-electron chi connectivity index (χ1n) is 8.19. The molecule has 1 aromatic heterocycles. The third kappa shape index (κ3) is 4.99. The second kappa shape index (κ2) is 8.72. The highest BCUT2D eigenvalue weighted by molar-refractivity contribution is 7.89. The van der Waals surface area contributed by atoms with E-state index in [0.29, 0.717) is 24.6 Å². The van der Waals surface area contributed by atoms with Gasteiger partial charge in [0, 0.05) is 44.1 Å². The molecule has 26 heavy (non-hydrogen) atoms. The maximum atomic E-state index is 12.5. The number of carbonyl (C=O) groups excluding carboxylic acids is 1. The average molecular weight is 377 g/mol. The number of hydrogen-bond acceptors (Lipinski definition) is 6. The van der Waals surface area contributed by atoms with Gasteiger partial charge in [-0.2, -0.15) is 4.31 Å². The van der Waals surface area contributed by atoms with Crippen molar-refractivity contribution in [3.63, 3.8) is 0 Å². The summed E-state index contributed by atoms with van der Waals surface area (Å²) in [7, 11) is -2.11. The zero-order valence-electron chi connectivity index (χ0n) is 15.0. The second-order valence-corrected chi connectivity index (χ2v) is 7.90. The van der Waals surface area contributed by atoms with Crippen LogP contribution in [-0.4, -0.2) is 54.8 Å².